The zero-order chi connectivity index (χ0) is 37.1. The predicted octanol–water partition coefficient (Wildman–Crippen LogP) is 6.24. The van der Waals surface area contributed by atoms with Gasteiger partial charge in [0.2, 0.25) is 15.9 Å². The van der Waals surface area contributed by atoms with Crippen LogP contribution < -0.4 is 9.46 Å². The standard InChI is InChI=1S/C43H46N4O6S/c1-45-23-29-20-30(24-45)47(29)41(50)42-22-35(42)34-21-31(53-2)14-16-32(34)38-37(26-9-5-3-6-10-26)33-15-13-28(19-36(33)46(38)25-42)40(49)44-54(51,52)43(17-18-43)39(48)27-11-7-4-8-12-27/h4,7-8,11-16,19,21,26,29-30,35H,3,5-6,9-10,17-18,20,22-25H2,1-2H3,(H,44,49). The van der Waals surface area contributed by atoms with Crippen molar-refractivity contribution in [3.8, 4) is 17.0 Å². The molecular weight excluding hydrogens is 701 g/mol. The molecule has 280 valence electrons. The third-order valence-corrected chi connectivity index (χ3v) is 15.8. The van der Waals surface area contributed by atoms with Crippen LogP contribution in [0.4, 0.5) is 0 Å². The number of benzene rings is 3. The molecule has 3 aromatic carbocycles. The number of rotatable bonds is 8. The van der Waals surface area contributed by atoms with E-state index in [0.29, 0.717) is 18.0 Å². The lowest BCUT2D eigenvalue weighted by Crippen LogP contribution is -2.70. The van der Waals surface area contributed by atoms with Gasteiger partial charge in [-0.15, -0.1) is 0 Å². The highest BCUT2D eigenvalue weighted by atomic mass is 32.2. The summed E-state index contributed by atoms with van der Waals surface area (Å²) < 4.78 is 36.3. The number of likely N-dealkylation sites (N-methyl/N-ethyl adjacent to an activating group) is 1. The van der Waals surface area contributed by atoms with Gasteiger partial charge in [0.1, 0.15) is 5.75 Å². The Balaban J connectivity index is 1.09. The maximum Gasteiger partial charge on any atom is 0.264 e. The van der Waals surface area contributed by atoms with E-state index in [4.69, 9.17) is 4.74 Å². The van der Waals surface area contributed by atoms with Crippen molar-refractivity contribution in [2.75, 3.05) is 27.2 Å². The molecule has 2 amide bonds. The number of sulfonamides is 1. The van der Waals surface area contributed by atoms with E-state index in [1.807, 2.05) is 18.2 Å². The number of hydrogen-bond donors (Lipinski definition) is 1. The Labute approximate surface area is 315 Å². The van der Waals surface area contributed by atoms with Gasteiger partial charge in [-0.05, 0) is 92.9 Å². The minimum Gasteiger partial charge on any atom is -0.497 e. The number of Topliss-reactive ketones (excluding diaryl/α,β-unsaturated/α-hetero) is 1. The maximum atomic E-state index is 14.9. The molecule has 1 aromatic heterocycles. The maximum absolute atomic E-state index is 14.9. The molecule has 10 nitrogen and oxygen atoms in total. The van der Waals surface area contributed by atoms with Crippen LogP contribution >= 0.6 is 0 Å². The second-order valence-corrected chi connectivity index (χ2v) is 18.9. The molecule has 3 aliphatic heterocycles. The number of hydrogen-bond acceptors (Lipinski definition) is 7. The first kappa shape index (κ1) is 34.0. The molecule has 10 rings (SSSR count). The van der Waals surface area contributed by atoms with E-state index in [1.165, 1.54) is 12.0 Å². The molecule has 2 bridgehead atoms. The second kappa shape index (κ2) is 12.0. The highest BCUT2D eigenvalue weighted by molar-refractivity contribution is 7.92. The van der Waals surface area contributed by atoms with Crippen LogP contribution in [0.5, 0.6) is 5.75 Å². The first-order valence-electron chi connectivity index (χ1n) is 19.6. The molecule has 4 heterocycles. The number of likely N-dealkylation sites (tertiary alicyclic amines) is 2. The Morgan fingerprint density at radius 1 is 0.889 bits per heavy atom. The Morgan fingerprint density at radius 2 is 1.63 bits per heavy atom. The molecule has 2 saturated heterocycles. The minimum absolute atomic E-state index is 0.0387. The summed E-state index contributed by atoms with van der Waals surface area (Å²) in [6.45, 7) is 2.25. The molecule has 1 N–H and O–H groups in total. The summed E-state index contributed by atoms with van der Waals surface area (Å²) in [7, 11) is -0.531. The van der Waals surface area contributed by atoms with Gasteiger partial charge in [-0.3, -0.25) is 14.4 Å². The number of carbonyl (C=O) groups excluding carboxylic acids is 3. The molecular formula is C43H46N4O6S. The van der Waals surface area contributed by atoms with Crippen molar-refractivity contribution in [3.63, 3.8) is 0 Å². The zero-order valence-corrected chi connectivity index (χ0v) is 31.7. The third kappa shape index (κ3) is 4.92. The number of carbonyl (C=O) groups is 3. The van der Waals surface area contributed by atoms with E-state index in [1.54, 1.807) is 43.5 Å². The quantitative estimate of drug-likeness (QED) is 0.212. The molecule has 3 saturated carbocycles. The average molecular weight is 747 g/mol. The van der Waals surface area contributed by atoms with Crippen molar-refractivity contribution < 1.29 is 27.5 Å². The fourth-order valence-electron chi connectivity index (χ4n) is 10.7. The molecule has 4 atom stereocenters. The molecule has 11 heteroatoms. The summed E-state index contributed by atoms with van der Waals surface area (Å²) in [5.41, 5.74) is 5.34. The van der Waals surface area contributed by atoms with Crippen LogP contribution in [0.2, 0.25) is 0 Å². The topological polar surface area (TPSA) is 118 Å². The molecule has 54 heavy (non-hydrogen) atoms. The van der Waals surface area contributed by atoms with Gasteiger partial charge in [-0.1, -0.05) is 55.7 Å². The van der Waals surface area contributed by atoms with E-state index >= 15 is 0 Å². The van der Waals surface area contributed by atoms with Crippen molar-refractivity contribution in [1.82, 2.24) is 19.1 Å². The highest BCUT2D eigenvalue weighted by Gasteiger charge is 2.66. The lowest BCUT2D eigenvalue weighted by Gasteiger charge is -2.56. The Hall–Kier alpha value is -4.48. The number of nitrogens with one attached hydrogen (secondary N) is 1. The largest absolute Gasteiger partial charge is 0.497 e. The van der Waals surface area contributed by atoms with Crippen LogP contribution in [0.3, 0.4) is 0 Å². The lowest BCUT2D eigenvalue weighted by molar-refractivity contribution is -0.159. The summed E-state index contributed by atoms with van der Waals surface area (Å²) in [6.07, 6.45) is 7.73. The highest BCUT2D eigenvalue weighted by Crippen LogP contribution is 2.67. The van der Waals surface area contributed by atoms with Crippen molar-refractivity contribution >= 4 is 38.5 Å². The summed E-state index contributed by atoms with van der Waals surface area (Å²) in [5.74, 6) is 0.101. The van der Waals surface area contributed by atoms with Crippen LogP contribution in [0.15, 0.2) is 66.7 Å². The van der Waals surface area contributed by atoms with Crippen molar-refractivity contribution in [1.29, 1.82) is 0 Å². The smallest absolute Gasteiger partial charge is 0.264 e. The third-order valence-electron chi connectivity index (χ3n) is 13.7. The number of fused-ring (bicyclic) bond motifs is 9. The average Bonchev–Trinajstić information content (AvgIpc) is 4.10. The molecule has 5 fully saturated rings. The number of ketones is 1. The van der Waals surface area contributed by atoms with Gasteiger partial charge in [0.15, 0.2) is 10.5 Å². The van der Waals surface area contributed by atoms with Gasteiger partial charge < -0.3 is 19.1 Å². The van der Waals surface area contributed by atoms with Gasteiger partial charge >= 0.3 is 0 Å². The normalized spacial score (nSPS) is 26.8. The number of methoxy groups -OCH3 is 1. The number of ether oxygens (including phenoxy) is 1. The number of piperazine rings is 1. The molecule has 0 spiro atoms. The Morgan fingerprint density at radius 3 is 2.33 bits per heavy atom. The van der Waals surface area contributed by atoms with Crippen LogP contribution in [0, 0.1) is 5.41 Å². The van der Waals surface area contributed by atoms with E-state index in [-0.39, 0.29) is 42.3 Å². The van der Waals surface area contributed by atoms with Crippen LogP contribution in [0.25, 0.3) is 22.2 Å². The van der Waals surface area contributed by atoms with E-state index in [0.717, 1.165) is 85.1 Å². The SMILES string of the molecule is COc1ccc2c(c1)C1CC1(C(=O)N1C3CC1CN(C)C3)Cn1c-2c(C2CCCCC2)c2ccc(C(=O)NS(=O)(=O)C3(C(=O)c4ccccc4)CC3)cc21. The van der Waals surface area contributed by atoms with Gasteiger partial charge in [0.25, 0.3) is 5.91 Å². The summed E-state index contributed by atoms with van der Waals surface area (Å²) in [5, 5.41) is 1.04. The molecule has 6 aliphatic rings. The van der Waals surface area contributed by atoms with E-state index < -0.39 is 31.9 Å². The van der Waals surface area contributed by atoms with Crippen LogP contribution in [-0.4, -0.2) is 84.5 Å². The van der Waals surface area contributed by atoms with Crippen molar-refractivity contribution in [2.24, 2.45) is 5.41 Å². The van der Waals surface area contributed by atoms with Gasteiger partial charge in [-0.2, -0.15) is 0 Å². The van der Waals surface area contributed by atoms with Gasteiger partial charge in [0, 0.05) is 65.2 Å². The first-order chi connectivity index (χ1) is 26.0. The predicted molar refractivity (Wildman–Crippen MR) is 205 cm³/mol. The van der Waals surface area contributed by atoms with Crippen LogP contribution in [-0.2, 0) is 21.4 Å². The second-order valence-electron chi connectivity index (χ2n) is 16.9. The number of nitrogens with zero attached hydrogens (tertiary/aromatic N) is 3. The van der Waals surface area contributed by atoms with Crippen LogP contribution in [0.1, 0.15) is 101 Å². The fourth-order valence-corrected chi connectivity index (χ4v) is 12.3. The number of piperidine rings is 1. The van der Waals surface area contributed by atoms with E-state index in [2.05, 4.69) is 38.3 Å². The number of amides is 2. The van der Waals surface area contributed by atoms with Crippen molar-refractivity contribution in [3.05, 3.63) is 89.0 Å². The molecule has 4 aromatic rings. The Bertz CT molecular complexity index is 2350. The monoisotopic (exact) mass is 746 g/mol. The fraction of sp³-hybridized carbons (Fsp3) is 0.465. The number of aromatic nitrogens is 1. The van der Waals surface area contributed by atoms with Gasteiger partial charge in [-0.25, -0.2) is 13.1 Å². The summed E-state index contributed by atoms with van der Waals surface area (Å²) in [6, 6.07) is 20.6. The Kier molecular flexibility index (Phi) is 7.57. The van der Waals surface area contributed by atoms with E-state index in [9.17, 15) is 22.8 Å². The van der Waals surface area contributed by atoms with Crippen molar-refractivity contribution in [2.45, 2.75) is 93.0 Å². The minimum atomic E-state index is -4.34. The molecule has 4 unspecified atom stereocenters. The first-order valence-corrected chi connectivity index (χ1v) is 21.1. The molecule has 0 radical (unpaired) electrons. The summed E-state index contributed by atoms with van der Waals surface area (Å²) >= 11 is 0. The zero-order valence-electron chi connectivity index (χ0n) is 30.8. The summed E-state index contributed by atoms with van der Waals surface area (Å²) in [4.78, 5) is 46.9. The van der Waals surface area contributed by atoms with Gasteiger partial charge in [0.05, 0.1) is 18.2 Å². The molecule has 3 aliphatic carbocycles. The lowest BCUT2D eigenvalue weighted by atomic mass is 9.81.